The third kappa shape index (κ3) is 1.77. The lowest BCUT2D eigenvalue weighted by Crippen LogP contribution is -2.21. The summed E-state index contributed by atoms with van der Waals surface area (Å²) in [7, 11) is 3.50. The van der Waals surface area contributed by atoms with Gasteiger partial charge in [0.15, 0.2) is 0 Å². The number of benzene rings is 1. The molecule has 0 aliphatic carbocycles. The third-order valence-corrected chi connectivity index (χ3v) is 2.27. The average Bonchev–Trinajstić information content (AvgIpc) is 3.00. The number of carbonyl (C=O) groups excluding carboxylic acids is 1. The number of rotatable bonds is 2. The molecule has 3 heteroatoms. The van der Waals surface area contributed by atoms with E-state index in [1.807, 2.05) is 24.3 Å². The summed E-state index contributed by atoms with van der Waals surface area (Å²) < 4.78 is 5.15. The van der Waals surface area contributed by atoms with Gasteiger partial charge in [-0.1, -0.05) is 12.1 Å². The van der Waals surface area contributed by atoms with Crippen LogP contribution in [0.4, 0.5) is 0 Å². The highest BCUT2D eigenvalue weighted by atomic mass is 16.6. The topological polar surface area (TPSA) is 32.8 Å². The molecule has 0 bridgehead atoms. The molecule has 1 aromatic rings. The van der Waals surface area contributed by atoms with Crippen LogP contribution in [-0.2, 0) is 4.74 Å². The highest BCUT2D eigenvalue weighted by Crippen LogP contribution is 2.29. The maximum absolute atomic E-state index is 11.5. The molecule has 1 aliphatic rings. The molecule has 1 aliphatic heterocycles. The molecule has 1 saturated heterocycles. The molecule has 1 heterocycles. The molecule has 1 unspecified atom stereocenters. The minimum atomic E-state index is 0.0354. The van der Waals surface area contributed by atoms with Gasteiger partial charge < -0.3 is 9.64 Å². The van der Waals surface area contributed by atoms with Crippen LogP contribution < -0.4 is 0 Å². The van der Waals surface area contributed by atoms with Crippen molar-refractivity contribution in [1.29, 1.82) is 0 Å². The lowest BCUT2D eigenvalue weighted by molar-refractivity contribution is 0.0827. The Kier molecular flexibility index (Phi) is 2.25. The zero-order chi connectivity index (χ0) is 10.1. The van der Waals surface area contributed by atoms with Crippen LogP contribution in [0.5, 0.6) is 0 Å². The zero-order valence-corrected chi connectivity index (χ0v) is 8.36. The first-order valence-corrected chi connectivity index (χ1v) is 4.61. The van der Waals surface area contributed by atoms with Crippen molar-refractivity contribution >= 4 is 5.91 Å². The Bertz CT molecular complexity index is 339. The maximum Gasteiger partial charge on any atom is 0.253 e. The van der Waals surface area contributed by atoms with E-state index in [0.717, 1.165) is 17.7 Å². The molecule has 0 N–H and O–H groups in total. The van der Waals surface area contributed by atoms with Gasteiger partial charge in [-0.3, -0.25) is 4.79 Å². The van der Waals surface area contributed by atoms with E-state index < -0.39 is 0 Å². The molecule has 0 spiro atoms. The minimum Gasteiger partial charge on any atom is -0.368 e. The molecule has 0 aromatic heterocycles. The van der Waals surface area contributed by atoms with E-state index in [2.05, 4.69) is 0 Å². The summed E-state index contributed by atoms with van der Waals surface area (Å²) in [6, 6.07) is 7.60. The summed E-state index contributed by atoms with van der Waals surface area (Å²) in [5, 5.41) is 0. The fourth-order valence-corrected chi connectivity index (χ4v) is 1.34. The van der Waals surface area contributed by atoms with Gasteiger partial charge >= 0.3 is 0 Å². The minimum absolute atomic E-state index is 0.0354. The first kappa shape index (κ1) is 9.21. The molecule has 74 valence electrons. The second-order valence-corrected chi connectivity index (χ2v) is 3.64. The van der Waals surface area contributed by atoms with Gasteiger partial charge in [0.1, 0.15) is 6.10 Å². The van der Waals surface area contributed by atoms with Crippen molar-refractivity contribution in [3.8, 4) is 0 Å². The lowest BCUT2D eigenvalue weighted by atomic mass is 10.1. The molecular formula is C11H13NO2. The monoisotopic (exact) mass is 191 g/mol. The van der Waals surface area contributed by atoms with Gasteiger partial charge in [-0.25, -0.2) is 0 Å². The van der Waals surface area contributed by atoms with Gasteiger partial charge in [0.25, 0.3) is 5.91 Å². The van der Waals surface area contributed by atoms with Crippen LogP contribution in [0.25, 0.3) is 0 Å². The number of epoxide rings is 1. The number of amides is 1. The van der Waals surface area contributed by atoms with Crippen molar-refractivity contribution < 1.29 is 9.53 Å². The zero-order valence-electron chi connectivity index (χ0n) is 8.36. The van der Waals surface area contributed by atoms with Crippen LogP contribution in [0.3, 0.4) is 0 Å². The van der Waals surface area contributed by atoms with Gasteiger partial charge in [0, 0.05) is 19.7 Å². The second kappa shape index (κ2) is 3.42. The quantitative estimate of drug-likeness (QED) is 0.663. The van der Waals surface area contributed by atoms with Crippen LogP contribution in [0.15, 0.2) is 24.3 Å². The van der Waals surface area contributed by atoms with Gasteiger partial charge in [0.2, 0.25) is 0 Å². The second-order valence-electron chi connectivity index (χ2n) is 3.64. The third-order valence-electron chi connectivity index (χ3n) is 2.27. The van der Waals surface area contributed by atoms with Crippen molar-refractivity contribution in [3.63, 3.8) is 0 Å². The molecule has 1 amide bonds. The average molecular weight is 191 g/mol. The normalized spacial score (nSPS) is 19.1. The Labute approximate surface area is 83.3 Å². The smallest absolute Gasteiger partial charge is 0.253 e. The van der Waals surface area contributed by atoms with E-state index in [1.54, 1.807) is 19.0 Å². The summed E-state index contributed by atoms with van der Waals surface area (Å²) in [6.45, 7) is 0.807. The summed E-state index contributed by atoms with van der Waals surface area (Å²) in [5.74, 6) is 0.0354. The fraction of sp³-hybridized carbons (Fsp3) is 0.364. The summed E-state index contributed by atoms with van der Waals surface area (Å²) >= 11 is 0. The Morgan fingerprint density at radius 3 is 2.36 bits per heavy atom. The highest BCUT2D eigenvalue weighted by Gasteiger charge is 2.24. The van der Waals surface area contributed by atoms with E-state index >= 15 is 0 Å². The van der Waals surface area contributed by atoms with E-state index in [-0.39, 0.29) is 12.0 Å². The van der Waals surface area contributed by atoms with Crippen molar-refractivity contribution in [3.05, 3.63) is 35.4 Å². The first-order valence-electron chi connectivity index (χ1n) is 4.61. The maximum atomic E-state index is 11.5. The molecular weight excluding hydrogens is 178 g/mol. The number of carbonyl (C=O) groups is 1. The Morgan fingerprint density at radius 2 is 1.93 bits per heavy atom. The molecule has 1 aromatic carbocycles. The predicted molar refractivity (Wildman–Crippen MR) is 53.2 cm³/mol. The molecule has 0 radical (unpaired) electrons. The van der Waals surface area contributed by atoms with Crippen LogP contribution in [0.2, 0.25) is 0 Å². The molecule has 3 nitrogen and oxygen atoms in total. The summed E-state index contributed by atoms with van der Waals surface area (Å²) in [4.78, 5) is 13.1. The van der Waals surface area contributed by atoms with Gasteiger partial charge in [-0.15, -0.1) is 0 Å². The van der Waals surface area contributed by atoms with Crippen LogP contribution in [0.1, 0.15) is 22.0 Å². The number of ether oxygens (including phenoxy) is 1. The molecule has 2 rings (SSSR count). The number of hydrogen-bond donors (Lipinski definition) is 0. The number of nitrogens with zero attached hydrogens (tertiary/aromatic N) is 1. The Morgan fingerprint density at radius 1 is 1.36 bits per heavy atom. The molecule has 1 fully saturated rings. The van der Waals surface area contributed by atoms with E-state index in [4.69, 9.17) is 4.74 Å². The van der Waals surface area contributed by atoms with Crippen molar-refractivity contribution in [2.75, 3.05) is 20.7 Å². The summed E-state index contributed by atoms with van der Waals surface area (Å²) in [5.41, 5.74) is 1.87. The van der Waals surface area contributed by atoms with Crippen molar-refractivity contribution in [2.24, 2.45) is 0 Å². The molecule has 0 saturated carbocycles. The first-order chi connectivity index (χ1) is 6.68. The summed E-state index contributed by atoms with van der Waals surface area (Å²) in [6.07, 6.45) is 0.263. The van der Waals surface area contributed by atoms with Crippen LogP contribution in [-0.4, -0.2) is 31.5 Å². The fourth-order valence-electron chi connectivity index (χ4n) is 1.34. The van der Waals surface area contributed by atoms with Crippen molar-refractivity contribution in [1.82, 2.24) is 4.90 Å². The van der Waals surface area contributed by atoms with Gasteiger partial charge in [-0.2, -0.15) is 0 Å². The van der Waals surface area contributed by atoms with Gasteiger partial charge in [-0.05, 0) is 17.7 Å². The van der Waals surface area contributed by atoms with E-state index in [9.17, 15) is 4.79 Å². The molecule has 14 heavy (non-hydrogen) atoms. The number of hydrogen-bond acceptors (Lipinski definition) is 2. The SMILES string of the molecule is CN(C)C(=O)c1ccc(C2CO2)cc1. The van der Waals surface area contributed by atoms with Crippen LogP contribution in [0, 0.1) is 0 Å². The highest BCUT2D eigenvalue weighted by molar-refractivity contribution is 5.93. The largest absolute Gasteiger partial charge is 0.368 e. The van der Waals surface area contributed by atoms with Crippen LogP contribution >= 0.6 is 0 Å². The van der Waals surface area contributed by atoms with E-state index in [1.165, 1.54) is 0 Å². The van der Waals surface area contributed by atoms with Gasteiger partial charge in [0.05, 0.1) is 6.61 Å². The standard InChI is InChI=1S/C11H13NO2/c1-12(2)11(13)9-5-3-8(4-6-9)10-7-14-10/h3-6,10H,7H2,1-2H3. The van der Waals surface area contributed by atoms with E-state index in [0.29, 0.717) is 0 Å². The predicted octanol–water partition coefficient (Wildman–Crippen LogP) is 1.46. The molecule has 1 atom stereocenters. The Balaban J connectivity index is 2.16. The lowest BCUT2D eigenvalue weighted by Gasteiger charge is -2.09. The van der Waals surface area contributed by atoms with Crippen molar-refractivity contribution in [2.45, 2.75) is 6.10 Å². The Hall–Kier alpha value is -1.35.